The third kappa shape index (κ3) is 3.61. The number of hydrogen-bond acceptors (Lipinski definition) is 5. The predicted octanol–water partition coefficient (Wildman–Crippen LogP) is 5.38. The van der Waals surface area contributed by atoms with E-state index in [9.17, 15) is 15.2 Å². The van der Waals surface area contributed by atoms with Crippen molar-refractivity contribution in [1.82, 2.24) is 0 Å². The number of phenols is 1. The molecular formula is C18H13N3O3. The Morgan fingerprint density at radius 1 is 0.708 bits per heavy atom. The fraction of sp³-hybridized carbons (Fsp3) is 0. The van der Waals surface area contributed by atoms with E-state index in [0.29, 0.717) is 11.4 Å². The minimum absolute atomic E-state index is 0.0206. The van der Waals surface area contributed by atoms with Gasteiger partial charge in [-0.05, 0) is 47.5 Å². The predicted molar refractivity (Wildman–Crippen MR) is 90.8 cm³/mol. The zero-order valence-corrected chi connectivity index (χ0v) is 12.5. The molecule has 3 aromatic carbocycles. The fourth-order valence-electron chi connectivity index (χ4n) is 2.13. The normalized spacial score (nSPS) is 10.8. The van der Waals surface area contributed by atoms with Gasteiger partial charge in [0.05, 0.1) is 16.3 Å². The molecule has 3 rings (SSSR count). The van der Waals surface area contributed by atoms with Crippen LogP contribution >= 0.6 is 0 Å². The number of nitro groups is 1. The largest absolute Gasteiger partial charge is 0.508 e. The van der Waals surface area contributed by atoms with Crippen LogP contribution in [0.1, 0.15) is 0 Å². The number of non-ortho nitro benzene ring substituents is 1. The lowest BCUT2D eigenvalue weighted by Gasteiger charge is -2.02. The van der Waals surface area contributed by atoms with Crippen LogP contribution in [-0.2, 0) is 0 Å². The van der Waals surface area contributed by atoms with E-state index in [1.807, 2.05) is 36.4 Å². The highest BCUT2D eigenvalue weighted by Gasteiger charge is 2.03. The summed E-state index contributed by atoms with van der Waals surface area (Å²) in [5.74, 6) is 0.229. The van der Waals surface area contributed by atoms with Crippen molar-refractivity contribution in [2.24, 2.45) is 10.2 Å². The highest BCUT2D eigenvalue weighted by molar-refractivity contribution is 5.65. The minimum atomic E-state index is -0.455. The number of aromatic hydroxyl groups is 1. The van der Waals surface area contributed by atoms with E-state index >= 15 is 0 Å². The summed E-state index contributed by atoms with van der Waals surface area (Å²) in [5.41, 5.74) is 3.24. The Hall–Kier alpha value is -3.54. The average Bonchev–Trinajstić information content (AvgIpc) is 2.61. The standard InChI is InChI=1S/C18H13N3O3/c22-18-11-3-14(4-12-18)13-1-5-15(6-2-13)19-20-16-7-9-17(10-8-16)21(23)24/h1-12,22H/b20-19+. The maximum atomic E-state index is 10.6. The molecule has 0 radical (unpaired) electrons. The number of azo groups is 1. The smallest absolute Gasteiger partial charge is 0.269 e. The van der Waals surface area contributed by atoms with Gasteiger partial charge in [0.1, 0.15) is 5.75 Å². The zero-order chi connectivity index (χ0) is 16.9. The number of nitrogens with zero attached hydrogens (tertiary/aromatic N) is 3. The first-order chi connectivity index (χ1) is 11.6. The third-order valence-electron chi connectivity index (χ3n) is 3.41. The lowest BCUT2D eigenvalue weighted by Crippen LogP contribution is -1.85. The lowest BCUT2D eigenvalue weighted by atomic mass is 10.1. The average molecular weight is 319 g/mol. The number of benzene rings is 3. The molecule has 0 spiro atoms. The van der Waals surface area contributed by atoms with Crippen LogP contribution in [0.2, 0.25) is 0 Å². The molecule has 0 saturated carbocycles. The van der Waals surface area contributed by atoms with Gasteiger partial charge >= 0.3 is 0 Å². The molecule has 0 unspecified atom stereocenters. The van der Waals surface area contributed by atoms with Crippen molar-refractivity contribution in [3.8, 4) is 16.9 Å². The van der Waals surface area contributed by atoms with Crippen LogP contribution in [0, 0.1) is 10.1 Å². The van der Waals surface area contributed by atoms with E-state index in [1.165, 1.54) is 12.1 Å². The van der Waals surface area contributed by atoms with Crippen LogP contribution in [0.15, 0.2) is 83.0 Å². The van der Waals surface area contributed by atoms with E-state index in [0.717, 1.165) is 11.1 Å². The molecule has 0 bridgehead atoms. The van der Waals surface area contributed by atoms with Gasteiger partial charge in [0.25, 0.3) is 5.69 Å². The van der Waals surface area contributed by atoms with Crippen molar-refractivity contribution in [2.45, 2.75) is 0 Å². The van der Waals surface area contributed by atoms with Crippen molar-refractivity contribution < 1.29 is 10.0 Å². The maximum Gasteiger partial charge on any atom is 0.269 e. The van der Waals surface area contributed by atoms with Crippen molar-refractivity contribution in [2.75, 3.05) is 0 Å². The van der Waals surface area contributed by atoms with Gasteiger partial charge in [0, 0.05) is 12.1 Å². The lowest BCUT2D eigenvalue weighted by molar-refractivity contribution is -0.384. The number of hydrogen-bond donors (Lipinski definition) is 1. The summed E-state index contributed by atoms with van der Waals surface area (Å²) >= 11 is 0. The third-order valence-corrected chi connectivity index (χ3v) is 3.41. The van der Waals surface area contributed by atoms with Crippen LogP contribution in [0.4, 0.5) is 17.1 Å². The summed E-state index contributed by atoms with van der Waals surface area (Å²) in [6.45, 7) is 0. The SMILES string of the molecule is O=[N+]([O-])c1ccc(/N=N/c2ccc(-c3ccc(O)cc3)cc2)cc1. The highest BCUT2D eigenvalue weighted by atomic mass is 16.6. The Balaban J connectivity index is 1.73. The molecule has 6 nitrogen and oxygen atoms in total. The van der Waals surface area contributed by atoms with Crippen molar-refractivity contribution in [1.29, 1.82) is 0 Å². The van der Waals surface area contributed by atoms with Crippen molar-refractivity contribution >= 4 is 17.1 Å². The van der Waals surface area contributed by atoms with Gasteiger partial charge in [-0.25, -0.2) is 0 Å². The minimum Gasteiger partial charge on any atom is -0.508 e. The molecule has 6 heteroatoms. The molecule has 0 fully saturated rings. The molecule has 0 atom stereocenters. The van der Waals surface area contributed by atoms with Gasteiger partial charge in [-0.1, -0.05) is 24.3 Å². The first-order valence-corrected chi connectivity index (χ1v) is 7.17. The summed E-state index contributed by atoms with van der Waals surface area (Å²) in [5, 5.41) is 28.1. The molecule has 3 aromatic rings. The van der Waals surface area contributed by atoms with Gasteiger partial charge in [-0.2, -0.15) is 10.2 Å². The van der Waals surface area contributed by atoms with E-state index < -0.39 is 4.92 Å². The number of rotatable bonds is 4. The zero-order valence-electron chi connectivity index (χ0n) is 12.5. The monoisotopic (exact) mass is 319 g/mol. The van der Waals surface area contributed by atoms with Crippen LogP contribution in [0.5, 0.6) is 5.75 Å². The second-order valence-corrected chi connectivity index (χ2v) is 5.07. The van der Waals surface area contributed by atoms with E-state index in [2.05, 4.69) is 10.2 Å². The molecule has 0 aliphatic heterocycles. The summed E-state index contributed by atoms with van der Waals surface area (Å²) in [7, 11) is 0. The molecule has 0 aliphatic rings. The van der Waals surface area contributed by atoms with Gasteiger partial charge in [-0.15, -0.1) is 0 Å². The van der Waals surface area contributed by atoms with Gasteiger partial charge in [0.2, 0.25) is 0 Å². The quantitative estimate of drug-likeness (QED) is 0.397. The summed E-state index contributed by atoms with van der Waals surface area (Å²) in [6, 6.07) is 20.3. The summed E-state index contributed by atoms with van der Waals surface area (Å²) in [6.07, 6.45) is 0. The van der Waals surface area contributed by atoms with E-state index in [4.69, 9.17) is 0 Å². The molecule has 0 heterocycles. The van der Waals surface area contributed by atoms with Crippen LogP contribution in [0.25, 0.3) is 11.1 Å². The van der Waals surface area contributed by atoms with Crippen molar-refractivity contribution in [3.05, 3.63) is 82.9 Å². The van der Waals surface area contributed by atoms with Gasteiger partial charge in [-0.3, -0.25) is 10.1 Å². The Morgan fingerprint density at radius 2 is 1.12 bits per heavy atom. The molecule has 1 N–H and O–H groups in total. The summed E-state index contributed by atoms with van der Waals surface area (Å²) < 4.78 is 0. The van der Waals surface area contributed by atoms with Crippen LogP contribution in [-0.4, -0.2) is 10.0 Å². The van der Waals surface area contributed by atoms with Crippen LogP contribution < -0.4 is 0 Å². The van der Waals surface area contributed by atoms with Gasteiger partial charge < -0.3 is 5.11 Å². The van der Waals surface area contributed by atoms with E-state index in [1.54, 1.807) is 24.3 Å². The Kier molecular flexibility index (Phi) is 4.29. The summed E-state index contributed by atoms with van der Waals surface area (Å²) in [4.78, 5) is 10.1. The second kappa shape index (κ2) is 6.70. The topological polar surface area (TPSA) is 88.1 Å². The fourth-order valence-corrected chi connectivity index (χ4v) is 2.13. The first-order valence-electron chi connectivity index (χ1n) is 7.17. The van der Waals surface area contributed by atoms with Crippen LogP contribution in [0.3, 0.4) is 0 Å². The van der Waals surface area contributed by atoms with Crippen molar-refractivity contribution in [3.63, 3.8) is 0 Å². The number of phenolic OH excluding ortho intramolecular Hbond substituents is 1. The maximum absolute atomic E-state index is 10.6. The van der Waals surface area contributed by atoms with E-state index in [-0.39, 0.29) is 11.4 Å². The molecule has 0 saturated heterocycles. The molecule has 118 valence electrons. The molecule has 24 heavy (non-hydrogen) atoms. The molecule has 0 amide bonds. The molecule has 0 aliphatic carbocycles. The number of nitro benzene ring substituents is 1. The highest BCUT2D eigenvalue weighted by Crippen LogP contribution is 2.26. The first kappa shape index (κ1) is 15.4. The molecular weight excluding hydrogens is 306 g/mol. The molecule has 0 aromatic heterocycles. The Morgan fingerprint density at radius 3 is 1.58 bits per heavy atom. The Labute approximate surface area is 137 Å². The second-order valence-electron chi connectivity index (χ2n) is 5.07. The Bertz CT molecular complexity index is 871. The van der Waals surface area contributed by atoms with Gasteiger partial charge in [0.15, 0.2) is 0 Å².